The number of hydrogen-bond acceptors (Lipinski definition) is 3. The maximum absolute atomic E-state index is 13.2. The van der Waals surface area contributed by atoms with Gasteiger partial charge in [-0.1, -0.05) is 24.3 Å². The first-order valence-corrected chi connectivity index (χ1v) is 6.66. The van der Waals surface area contributed by atoms with Gasteiger partial charge >= 0.3 is 0 Å². The molecule has 21 heavy (non-hydrogen) atoms. The van der Waals surface area contributed by atoms with Crippen molar-refractivity contribution in [1.29, 1.82) is 0 Å². The molecule has 0 amide bonds. The predicted octanol–water partition coefficient (Wildman–Crippen LogP) is 3.23. The highest BCUT2D eigenvalue weighted by Gasteiger charge is 2.09. The van der Waals surface area contributed by atoms with Gasteiger partial charge in [-0.2, -0.15) is 0 Å². The minimum absolute atomic E-state index is 0.226. The molecule has 4 nitrogen and oxygen atoms in total. The fraction of sp³-hybridized carbons (Fsp3) is 0.125. The quantitative estimate of drug-likeness (QED) is 0.799. The summed E-state index contributed by atoms with van der Waals surface area (Å²) in [6.45, 7) is 0.548. The summed E-state index contributed by atoms with van der Waals surface area (Å²) in [5.41, 5.74) is 2.80. The Morgan fingerprint density at radius 1 is 1.14 bits per heavy atom. The molecular formula is C16H15FN4. The van der Waals surface area contributed by atoms with Gasteiger partial charge in [-0.3, -0.25) is 0 Å². The Kier molecular flexibility index (Phi) is 3.64. The van der Waals surface area contributed by atoms with Crippen molar-refractivity contribution in [3.05, 3.63) is 66.2 Å². The summed E-state index contributed by atoms with van der Waals surface area (Å²) >= 11 is 0. The van der Waals surface area contributed by atoms with Crippen LogP contribution < -0.4 is 5.32 Å². The molecule has 0 atom stereocenters. The molecule has 0 aliphatic carbocycles. The fourth-order valence-electron chi connectivity index (χ4n) is 2.20. The van der Waals surface area contributed by atoms with Gasteiger partial charge in [0.25, 0.3) is 0 Å². The van der Waals surface area contributed by atoms with Crippen LogP contribution in [0.2, 0.25) is 0 Å². The molecule has 1 aromatic heterocycles. The van der Waals surface area contributed by atoms with Crippen molar-refractivity contribution in [3.8, 4) is 11.4 Å². The van der Waals surface area contributed by atoms with Crippen LogP contribution in [0.3, 0.4) is 0 Å². The topological polar surface area (TPSA) is 42.7 Å². The second-order valence-corrected chi connectivity index (χ2v) is 4.79. The number of nitrogens with zero attached hydrogens (tertiary/aromatic N) is 3. The van der Waals surface area contributed by atoms with Gasteiger partial charge in [0.05, 0.1) is 0 Å². The van der Waals surface area contributed by atoms with Crippen molar-refractivity contribution in [3.63, 3.8) is 0 Å². The fourth-order valence-corrected chi connectivity index (χ4v) is 2.20. The number of halogens is 1. The molecule has 106 valence electrons. The predicted molar refractivity (Wildman–Crippen MR) is 80.2 cm³/mol. The van der Waals surface area contributed by atoms with Crippen LogP contribution in [0.1, 0.15) is 5.56 Å². The Bertz CT molecular complexity index is 751. The molecule has 2 aromatic carbocycles. The summed E-state index contributed by atoms with van der Waals surface area (Å²) in [7, 11) is 1.90. The Morgan fingerprint density at radius 3 is 2.76 bits per heavy atom. The number of hydrogen-bond donors (Lipinski definition) is 1. The van der Waals surface area contributed by atoms with Crippen LogP contribution in [0.5, 0.6) is 0 Å². The zero-order chi connectivity index (χ0) is 14.7. The third-order valence-corrected chi connectivity index (χ3v) is 3.25. The summed E-state index contributed by atoms with van der Waals surface area (Å²) < 4.78 is 15.1. The molecule has 0 saturated heterocycles. The van der Waals surface area contributed by atoms with E-state index in [9.17, 15) is 4.39 Å². The maximum atomic E-state index is 13.2. The molecule has 0 fully saturated rings. The molecule has 0 aliphatic rings. The van der Waals surface area contributed by atoms with E-state index < -0.39 is 0 Å². The summed E-state index contributed by atoms with van der Waals surface area (Å²) in [6, 6.07) is 14.4. The summed E-state index contributed by atoms with van der Waals surface area (Å²) in [4.78, 5) is 0. The molecule has 5 heteroatoms. The van der Waals surface area contributed by atoms with E-state index in [1.807, 2.05) is 41.9 Å². The van der Waals surface area contributed by atoms with E-state index in [1.54, 1.807) is 12.4 Å². The van der Waals surface area contributed by atoms with Crippen LogP contribution in [-0.2, 0) is 13.6 Å². The minimum atomic E-state index is -0.226. The molecule has 0 bridgehead atoms. The van der Waals surface area contributed by atoms with Crippen molar-refractivity contribution < 1.29 is 4.39 Å². The maximum Gasteiger partial charge on any atom is 0.165 e. The third kappa shape index (κ3) is 2.91. The largest absolute Gasteiger partial charge is 0.380 e. The van der Waals surface area contributed by atoms with Crippen LogP contribution in [-0.4, -0.2) is 14.8 Å². The summed E-state index contributed by atoms with van der Waals surface area (Å²) in [5.74, 6) is 0.563. The van der Waals surface area contributed by atoms with Crippen molar-refractivity contribution in [2.75, 3.05) is 5.32 Å². The highest BCUT2D eigenvalue weighted by atomic mass is 19.1. The van der Waals surface area contributed by atoms with Gasteiger partial charge in [-0.25, -0.2) is 4.39 Å². The van der Waals surface area contributed by atoms with Crippen LogP contribution in [0.15, 0.2) is 54.9 Å². The van der Waals surface area contributed by atoms with Crippen molar-refractivity contribution in [2.24, 2.45) is 7.05 Å². The van der Waals surface area contributed by atoms with Gasteiger partial charge in [0.2, 0.25) is 0 Å². The first-order chi connectivity index (χ1) is 10.2. The number of rotatable bonds is 4. The van der Waals surface area contributed by atoms with Crippen LogP contribution in [0.25, 0.3) is 11.4 Å². The Morgan fingerprint density at radius 2 is 2.00 bits per heavy atom. The zero-order valence-electron chi connectivity index (χ0n) is 11.6. The monoisotopic (exact) mass is 282 g/mol. The molecule has 0 saturated carbocycles. The lowest BCUT2D eigenvalue weighted by Crippen LogP contribution is -2.02. The second-order valence-electron chi connectivity index (χ2n) is 4.79. The minimum Gasteiger partial charge on any atom is -0.380 e. The van der Waals surface area contributed by atoms with Gasteiger partial charge in [0.1, 0.15) is 12.1 Å². The molecule has 0 unspecified atom stereocenters. The van der Waals surface area contributed by atoms with E-state index in [0.29, 0.717) is 6.54 Å². The average molecular weight is 282 g/mol. The molecular weight excluding hydrogens is 267 g/mol. The summed E-state index contributed by atoms with van der Waals surface area (Å²) in [5, 5.41) is 11.4. The zero-order valence-corrected chi connectivity index (χ0v) is 11.6. The highest BCUT2D eigenvalue weighted by Crippen LogP contribution is 2.26. The summed E-state index contributed by atoms with van der Waals surface area (Å²) in [6.07, 6.45) is 1.67. The molecule has 3 aromatic rings. The van der Waals surface area contributed by atoms with E-state index >= 15 is 0 Å². The van der Waals surface area contributed by atoms with Gasteiger partial charge in [0.15, 0.2) is 5.82 Å². The highest BCUT2D eigenvalue weighted by molar-refractivity contribution is 5.73. The van der Waals surface area contributed by atoms with Crippen LogP contribution in [0, 0.1) is 5.82 Å². The van der Waals surface area contributed by atoms with Gasteiger partial charge in [-0.15, -0.1) is 10.2 Å². The van der Waals surface area contributed by atoms with Crippen molar-refractivity contribution >= 4 is 5.69 Å². The Hall–Kier alpha value is -2.69. The number of aryl methyl sites for hydroxylation is 1. The molecule has 3 rings (SSSR count). The van der Waals surface area contributed by atoms with E-state index in [4.69, 9.17) is 0 Å². The number of nitrogens with one attached hydrogen (secondary N) is 1. The molecule has 0 radical (unpaired) electrons. The second kappa shape index (κ2) is 5.75. The van der Waals surface area contributed by atoms with Gasteiger partial charge in [0, 0.05) is 24.8 Å². The average Bonchev–Trinajstić information content (AvgIpc) is 2.91. The lowest BCUT2D eigenvalue weighted by Gasteiger charge is -2.11. The Labute approximate surface area is 122 Å². The Balaban J connectivity index is 1.85. The normalized spacial score (nSPS) is 10.6. The van der Waals surface area contributed by atoms with E-state index in [-0.39, 0.29) is 5.82 Å². The lowest BCUT2D eigenvalue weighted by molar-refractivity contribution is 0.626. The number of benzene rings is 2. The lowest BCUT2D eigenvalue weighted by atomic mass is 10.1. The van der Waals surface area contributed by atoms with Crippen LogP contribution >= 0.6 is 0 Å². The van der Waals surface area contributed by atoms with Gasteiger partial charge in [-0.05, 0) is 29.8 Å². The van der Waals surface area contributed by atoms with E-state index in [1.165, 1.54) is 12.1 Å². The smallest absolute Gasteiger partial charge is 0.165 e. The first-order valence-electron chi connectivity index (χ1n) is 6.66. The SMILES string of the molecule is Cn1cnnc1-c1ccccc1NCc1cccc(F)c1. The van der Waals surface area contributed by atoms with Crippen LogP contribution in [0.4, 0.5) is 10.1 Å². The van der Waals surface area contributed by atoms with Crippen molar-refractivity contribution in [1.82, 2.24) is 14.8 Å². The molecule has 0 aliphatic heterocycles. The molecule has 1 N–H and O–H groups in total. The van der Waals surface area contributed by atoms with E-state index in [2.05, 4.69) is 15.5 Å². The van der Waals surface area contributed by atoms with E-state index in [0.717, 1.165) is 22.6 Å². The molecule has 0 spiro atoms. The number of para-hydroxylation sites is 1. The first kappa shape index (κ1) is 13.3. The number of anilines is 1. The standard InChI is InChI=1S/C16H15FN4/c1-21-11-19-20-16(21)14-7-2-3-8-15(14)18-10-12-5-4-6-13(17)9-12/h2-9,11,18H,10H2,1H3. The number of aromatic nitrogens is 3. The van der Waals surface area contributed by atoms with Crippen molar-refractivity contribution in [2.45, 2.75) is 6.54 Å². The van der Waals surface area contributed by atoms with Gasteiger partial charge < -0.3 is 9.88 Å². The third-order valence-electron chi connectivity index (χ3n) is 3.25. The molecule has 1 heterocycles.